The van der Waals surface area contributed by atoms with E-state index in [2.05, 4.69) is 25.0 Å². The van der Waals surface area contributed by atoms with E-state index >= 15 is 0 Å². The van der Waals surface area contributed by atoms with Gasteiger partial charge in [-0.1, -0.05) is 22.9 Å². The monoisotopic (exact) mass is 581 g/mol. The molecule has 0 aliphatic heterocycles. The molecular weight excluding hydrogens is 555 g/mol. The van der Waals surface area contributed by atoms with Gasteiger partial charge in [-0.3, -0.25) is 4.52 Å². The van der Waals surface area contributed by atoms with E-state index in [-0.39, 0.29) is 35.8 Å². The summed E-state index contributed by atoms with van der Waals surface area (Å²) in [7, 11) is -4.71. The molecule has 36 heavy (non-hydrogen) atoms. The zero-order chi connectivity index (χ0) is 25.9. The summed E-state index contributed by atoms with van der Waals surface area (Å²) in [6, 6.07) is 5.51. The maximum absolute atomic E-state index is 14.8. The Morgan fingerprint density at radius 1 is 1.19 bits per heavy atom. The fourth-order valence-corrected chi connectivity index (χ4v) is 4.78. The summed E-state index contributed by atoms with van der Waals surface area (Å²) >= 11 is 7.63. The topological polar surface area (TPSA) is 153 Å². The van der Waals surface area contributed by atoms with Crippen molar-refractivity contribution >= 4 is 49.0 Å². The number of phosphoric ester groups is 1. The largest absolute Gasteiger partial charge is 0.489 e. The van der Waals surface area contributed by atoms with Crippen LogP contribution in [0.1, 0.15) is 26.5 Å². The van der Waals surface area contributed by atoms with E-state index < -0.39 is 25.8 Å². The van der Waals surface area contributed by atoms with Crippen LogP contribution in [0, 0.1) is 12.7 Å². The number of hydrogen-bond acceptors (Lipinski definition) is 9. The van der Waals surface area contributed by atoms with E-state index in [0.717, 1.165) is 17.1 Å². The SMILES string of the molecule is Cc1cc(-c2nnc(-c3cc(F)c(OC[C@@H](N)[C@@H](C)OP(=O)(O)O)cc3Cl)s2)cc(NC(C)C)n1.Cl. The highest BCUT2D eigenvalue weighted by atomic mass is 35.5. The van der Waals surface area contributed by atoms with Gasteiger partial charge < -0.3 is 25.6 Å². The number of nitrogens with zero attached hydrogens (tertiary/aromatic N) is 3. The molecule has 15 heteroatoms. The second kappa shape index (κ2) is 12.6. The number of benzene rings is 1. The summed E-state index contributed by atoms with van der Waals surface area (Å²) in [6.45, 7) is 7.03. The molecule has 0 amide bonds. The molecule has 0 aliphatic carbocycles. The number of nitrogens with two attached hydrogens (primary N) is 1. The van der Waals surface area contributed by atoms with Crippen molar-refractivity contribution in [2.45, 2.75) is 45.9 Å². The van der Waals surface area contributed by atoms with Crippen LogP contribution in [0.4, 0.5) is 10.2 Å². The lowest BCUT2D eigenvalue weighted by molar-refractivity contribution is 0.106. The predicted molar refractivity (Wildman–Crippen MR) is 140 cm³/mol. The zero-order valence-corrected chi connectivity index (χ0v) is 23.1. The molecule has 10 nitrogen and oxygen atoms in total. The van der Waals surface area contributed by atoms with Gasteiger partial charge in [0.05, 0.1) is 17.2 Å². The van der Waals surface area contributed by atoms with Gasteiger partial charge in [-0.05, 0) is 45.9 Å². The van der Waals surface area contributed by atoms with Gasteiger partial charge in [0, 0.05) is 28.9 Å². The van der Waals surface area contributed by atoms with E-state index in [4.69, 9.17) is 31.9 Å². The Morgan fingerprint density at radius 2 is 1.86 bits per heavy atom. The first-order valence-electron chi connectivity index (χ1n) is 10.5. The summed E-state index contributed by atoms with van der Waals surface area (Å²) < 4.78 is 35.6. The van der Waals surface area contributed by atoms with Gasteiger partial charge in [0.15, 0.2) is 11.6 Å². The van der Waals surface area contributed by atoms with Gasteiger partial charge in [0.25, 0.3) is 0 Å². The Morgan fingerprint density at radius 3 is 2.50 bits per heavy atom. The molecule has 5 N–H and O–H groups in total. The lowest BCUT2D eigenvalue weighted by Gasteiger charge is -2.21. The van der Waals surface area contributed by atoms with Crippen molar-refractivity contribution in [3.05, 3.63) is 40.8 Å². The average Bonchev–Trinajstić information content (AvgIpc) is 3.21. The Balaban J connectivity index is 0.00000456. The van der Waals surface area contributed by atoms with E-state index in [1.165, 1.54) is 30.4 Å². The molecule has 198 valence electrons. The minimum Gasteiger partial charge on any atom is -0.489 e. The number of aryl methyl sites for hydroxylation is 1. The van der Waals surface area contributed by atoms with Crippen molar-refractivity contribution in [1.82, 2.24) is 15.2 Å². The third-order valence-electron chi connectivity index (χ3n) is 4.65. The Kier molecular flexibility index (Phi) is 10.6. The van der Waals surface area contributed by atoms with Crippen molar-refractivity contribution < 1.29 is 28.0 Å². The van der Waals surface area contributed by atoms with Crippen LogP contribution in [0.15, 0.2) is 24.3 Å². The van der Waals surface area contributed by atoms with Gasteiger partial charge in [-0.25, -0.2) is 13.9 Å². The number of hydrogen-bond donors (Lipinski definition) is 4. The van der Waals surface area contributed by atoms with Crippen LogP contribution in [-0.4, -0.2) is 49.8 Å². The average molecular weight is 582 g/mol. The van der Waals surface area contributed by atoms with E-state index in [0.29, 0.717) is 15.6 Å². The normalized spacial score (nSPS) is 13.3. The van der Waals surface area contributed by atoms with Crippen molar-refractivity contribution in [3.8, 4) is 26.9 Å². The molecule has 0 unspecified atom stereocenters. The standard InChI is InChI=1S/C21H26ClFN5O5PS.ClH/c1-10(2)25-19-6-13(5-11(3)26-19)20-27-28-21(35-20)14-7-16(23)18(8-15(14)22)32-9-17(24)12(4)33-34(29,30)31;/h5-8,10,12,17H,9,24H2,1-4H3,(H,25,26)(H2,29,30,31);1H/t12-,17-;/m1./s1. The van der Waals surface area contributed by atoms with Gasteiger partial charge in [-0.2, -0.15) is 0 Å². The number of pyridine rings is 1. The van der Waals surface area contributed by atoms with Crippen LogP contribution < -0.4 is 15.8 Å². The van der Waals surface area contributed by atoms with Crippen molar-refractivity contribution in [3.63, 3.8) is 0 Å². The van der Waals surface area contributed by atoms with Crippen LogP contribution >= 0.6 is 43.2 Å². The molecule has 1 aromatic carbocycles. The number of halogens is 3. The molecule has 3 rings (SSSR count). The van der Waals surface area contributed by atoms with Crippen molar-refractivity contribution in [2.75, 3.05) is 11.9 Å². The van der Waals surface area contributed by atoms with Crippen LogP contribution in [0.5, 0.6) is 5.75 Å². The summed E-state index contributed by atoms with van der Waals surface area (Å²) in [5.41, 5.74) is 7.79. The molecule has 2 heterocycles. The first-order chi connectivity index (χ1) is 16.3. The fraction of sp³-hybridized carbons (Fsp3) is 0.381. The summed E-state index contributed by atoms with van der Waals surface area (Å²) in [5.74, 6) is -0.160. The summed E-state index contributed by atoms with van der Waals surface area (Å²) in [4.78, 5) is 22.2. The number of ether oxygens (including phenoxy) is 1. The van der Waals surface area contributed by atoms with Crippen molar-refractivity contribution in [1.29, 1.82) is 0 Å². The molecule has 0 radical (unpaired) electrons. The quantitative estimate of drug-likeness (QED) is 0.245. The second-order valence-corrected chi connectivity index (χ2v) is 10.7. The molecule has 2 atom stereocenters. The van der Waals surface area contributed by atoms with Crippen LogP contribution in [-0.2, 0) is 9.09 Å². The molecule has 0 spiro atoms. The Labute approximate surface area is 223 Å². The molecule has 0 bridgehead atoms. The van der Waals surface area contributed by atoms with Crippen LogP contribution in [0.2, 0.25) is 5.02 Å². The third-order valence-corrected chi connectivity index (χ3v) is 6.58. The number of rotatable bonds is 10. The molecule has 0 saturated carbocycles. The van der Waals surface area contributed by atoms with Crippen molar-refractivity contribution in [2.24, 2.45) is 5.73 Å². The number of anilines is 1. The highest BCUT2D eigenvalue weighted by Gasteiger charge is 2.25. The van der Waals surface area contributed by atoms with Crippen LogP contribution in [0.25, 0.3) is 21.1 Å². The number of nitrogens with one attached hydrogen (secondary N) is 1. The van der Waals surface area contributed by atoms with E-state index in [1.807, 2.05) is 32.9 Å². The van der Waals surface area contributed by atoms with Gasteiger partial charge in [-0.15, -0.1) is 22.6 Å². The van der Waals surface area contributed by atoms with Crippen LogP contribution in [0.3, 0.4) is 0 Å². The highest BCUT2D eigenvalue weighted by Crippen LogP contribution is 2.39. The lowest BCUT2D eigenvalue weighted by Crippen LogP contribution is -2.39. The maximum atomic E-state index is 14.8. The fourth-order valence-electron chi connectivity index (χ4n) is 3.03. The first kappa shape index (κ1) is 30.3. The molecular formula is C21H27Cl2FN5O5PS. The maximum Gasteiger partial charge on any atom is 0.469 e. The molecule has 0 saturated heterocycles. The minimum absolute atomic E-state index is 0. The third kappa shape index (κ3) is 8.32. The molecule has 3 aromatic rings. The molecule has 2 aromatic heterocycles. The Bertz CT molecular complexity index is 1250. The van der Waals surface area contributed by atoms with Gasteiger partial charge in [0.2, 0.25) is 0 Å². The van der Waals surface area contributed by atoms with E-state index in [9.17, 15) is 8.96 Å². The van der Waals surface area contributed by atoms with Gasteiger partial charge >= 0.3 is 7.82 Å². The summed E-state index contributed by atoms with van der Waals surface area (Å²) in [5, 5.41) is 12.9. The lowest BCUT2D eigenvalue weighted by atomic mass is 10.2. The Hall–Kier alpha value is -1.89. The molecule has 0 fully saturated rings. The second-order valence-electron chi connectivity index (χ2n) is 8.13. The van der Waals surface area contributed by atoms with E-state index in [1.54, 1.807) is 0 Å². The number of aromatic nitrogens is 3. The first-order valence-corrected chi connectivity index (χ1v) is 13.3. The smallest absolute Gasteiger partial charge is 0.469 e. The molecule has 0 aliphatic rings. The highest BCUT2D eigenvalue weighted by molar-refractivity contribution is 7.46. The predicted octanol–water partition coefficient (Wildman–Crippen LogP) is 4.81. The van der Waals surface area contributed by atoms with Gasteiger partial charge in [0.1, 0.15) is 22.4 Å². The number of phosphoric acid groups is 1. The zero-order valence-electron chi connectivity index (χ0n) is 19.8. The summed E-state index contributed by atoms with van der Waals surface area (Å²) in [6.07, 6.45) is -1.03. The minimum atomic E-state index is -4.71.